The molecule has 2 atom stereocenters. The van der Waals surface area contributed by atoms with Gasteiger partial charge in [-0.25, -0.2) is 0 Å². The third-order valence-corrected chi connectivity index (χ3v) is 4.57. The van der Waals surface area contributed by atoms with E-state index >= 15 is 0 Å². The predicted molar refractivity (Wildman–Crippen MR) is 93.0 cm³/mol. The van der Waals surface area contributed by atoms with E-state index < -0.39 is 11.6 Å². The number of amides is 1. The number of aryl methyl sites for hydroxylation is 1. The number of hydrogen-bond acceptors (Lipinski definition) is 3. The third-order valence-electron chi connectivity index (χ3n) is 4.57. The molecule has 5 heteroatoms. The normalized spacial score (nSPS) is 21.0. The van der Waals surface area contributed by atoms with Gasteiger partial charge in [0.1, 0.15) is 5.60 Å². The fourth-order valence-corrected chi connectivity index (χ4v) is 3.08. The maximum Gasteiger partial charge on any atom is 0.254 e. The zero-order valence-electron chi connectivity index (χ0n) is 14.6. The fourth-order valence-electron chi connectivity index (χ4n) is 3.08. The van der Waals surface area contributed by atoms with Gasteiger partial charge in [0.2, 0.25) is 0 Å². The molecule has 1 fully saturated rings. The molecular formula is C19H24N2O3. The number of para-hydroxylation sites is 1. The number of nitrogens with one attached hydrogen (secondary N) is 1. The summed E-state index contributed by atoms with van der Waals surface area (Å²) in [5.41, 5.74) is 0.856. The Balaban J connectivity index is 1.86. The van der Waals surface area contributed by atoms with Crippen LogP contribution in [0.1, 0.15) is 37.6 Å². The van der Waals surface area contributed by atoms with E-state index in [-0.39, 0.29) is 11.7 Å². The van der Waals surface area contributed by atoms with E-state index in [4.69, 9.17) is 4.74 Å². The van der Waals surface area contributed by atoms with Crippen molar-refractivity contribution in [1.82, 2.24) is 9.88 Å². The molecule has 2 aromatic rings. The number of carbonyl (C=O) groups excluding carboxylic acids is 2. The van der Waals surface area contributed by atoms with Gasteiger partial charge in [0.25, 0.3) is 5.91 Å². The summed E-state index contributed by atoms with van der Waals surface area (Å²) in [6, 6.07) is 7.23. The van der Waals surface area contributed by atoms with Crippen LogP contribution in [0.2, 0.25) is 0 Å². The van der Waals surface area contributed by atoms with Crippen molar-refractivity contribution in [2.75, 3.05) is 6.61 Å². The maximum absolute atomic E-state index is 12.8. The van der Waals surface area contributed by atoms with Crippen LogP contribution < -0.4 is 5.32 Å². The van der Waals surface area contributed by atoms with Crippen LogP contribution in [0.15, 0.2) is 30.5 Å². The van der Waals surface area contributed by atoms with Crippen molar-refractivity contribution in [1.29, 1.82) is 0 Å². The molecule has 24 heavy (non-hydrogen) atoms. The quantitative estimate of drug-likeness (QED) is 0.829. The number of hydrogen-bond donors (Lipinski definition) is 1. The van der Waals surface area contributed by atoms with Gasteiger partial charge in [-0.05, 0) is 25.3 Å². The zero-order chi connectivity index (χ0) is 17.5. The SMILES string of the molecule is CC(C)C[C@H](NC(=O)c1cn(C)c2ccccc12)C(=O)[C@@]1(C)CO1. The second kappa shape index (κ2) is 6.06. The Bertz CT molecular complexity index is 787. The first kappa shape index (κ1) is 16.7. The number of ketones is 1. The van der Waals surface area contributed by atoms with E-state index in [9.17, 15) is 9.59 Å². The molecule has 1 N–H and O–H groups in total. The standard InChI is InChI=1S/C19H24N2O3/c1-12(2)9-15(17(22)19(3)11-24-19)20-18(23)14-10-21(4)16-8-6-5-7-13(14)16/h5-8,10,12,15H,9,11H2,1-4H3,(H,20,23)/t15-,19+/m0/s1. The maximum atomic E-state index is 12.8. The van der Waals surface area contributed by atoms with Crippen molar-refractivity contribution >= 4 is 22.6 Å². The Kier molecular flexibility index (Phi) is 4.22. The minimum atomic E-state index is -0.731. The Hall–Kier alpha value is -2.14. The molecule has 1 aromatic carbocycles. The zero-order valence-corrected chi connectivity index (χ0v) is 14.6. The summed E-state index contributed by atoms with van der Waals surface area (Å²) in [5, 5.41) is 3.83. The van der Waals surface area contributed by atoms with Crippen LogP contribution in [0.4, 0.5) is 0 Å². The average Bonchev–Trinajstić information content (AvgIpc) is 3.20. The minimum absolute atomic E-state index is 0.0372. The fraction of sp³-hybridized carbons (Fsp3) is 0.474. The summed E-state index contributed by atoms with van der Waals surface area (Å²) >= 11 is 0. The number of carbonyl (C=O) groups is 2. The topological polar surface area (TPSA) is 63.6 Å². The molecule has 0 unspecified atom stereocenters. The lowest BCUT2D eigenvalue weighted by molar-refractivity contribution is -0.125. The van der Waals surface area contributed by atoms with E-state index in [2.05, 4.69) is 5.32 Å². The van der Waals surface area contributed by atoms with Gasteiger partial charge in [-0.15, -0.1) is 0 Å². The van der Waals surface area contributed by atoms with Crippen LogP contribution in [0, 0.1) is 5.92 Å². The van der Waals surface area contributed by atoms with E-state index in [0.717, 1.165) is 10.9 Å². The molecule has 0 radical (unpaired) electrons. The molecule has 0 spiro atoms. The minimum Gasteiger partial charge on any atom is -0.361 e. The van der Waals surface area contributed by atoms with Crippen molar-refractivity contribution in [3.63, 3.8) is 0 Å². The average molecular weight is 328 g/mol. The molecular weight excluding hydrogens is 304 g/mol. The van der Waals surface area contributed by atoms with Crippen LogP contribution in [-0.2, 0) is 16.6 Å². The van der Waals surface area contributed by atoms with Crippen molar-refractivity contribution < 1.29 is 14.3 Å². The van der Waals surface area contributed by atoms with Crippen molar-refractivity contribution in [2.24, 2.45) is 13.0 Å². The lowest BCUT2D eigenvalue weighted by atomic mass is 9.93. The summed E-state index contributed by atoms with van der Waals surface area (Å²) in [4.78, 5) is 25.5. The summed E-state index contributed by atoms with van der Waals surface area (Å²) in [7, 11) is 1.91. The Morgan fingerprint density at radius 2 is 2.00 bits per heavy atom. The van der Waals surface area contributed by atoms with E-state index in [1.54, 1.807) is 6.92 Å². The number of epoxide rings is 1. The Morgan fingerprint density at radius 1 is 1.33 bits per heavy atom. The molecule has 1 aliphatic rings. The first-order valence-electron chi connectivity index (χ1n) is 8.35. The summed E-state index contributed by atoms with van der Waals surface area (Å²) in [6.45, 7) is 6.30. The first-order chi connectivity index (χ1) is 11.3. The summed E-state index contributed by atoms with van der Waals surface area (Å²) in [5.74, 6) is 0.0500. The van der Waals surface area contributed by atoms with Gasteiger partial charge >= 0.3 is 0 Å². The number of rotatable bonds is 6. The monoisotopic (exact) mass is 328 g/mol. The molecule has 0 saturated carbocycles. The molecule has 0 aliphatic carbocycles. The lowest BCUT2D eigenvalue weighted by Gasteiger charge is -2.21. The molecule has 1 aliphatic heterocycles. The second-order valence-electron chi connectivity index (χ2n) is 7.21. The third kappa shape index (κ3) is 3.08. The summed E-state index contributed by atoms with van der Waals surface area (Å²) in [6.07, 6.45) is 2.42. The van der Waals surface area contributed by atoms with Crippen LogP contribution in [0.3, 0.4) is 0 Å². The molecule has 1 amide bonds. The number of Topliss-reactive ketones (excluding diaryl/α,β-unsaturated/α-hetero) is 1. The first-order valence-corrected chi connectivity index (χ1v) is 8.35. The molecule has 3 rings (SSSR count). The van der Waals surface area contributed by atoms with Gasteiger partial charge in [-0.1, -0.05) is 32.0 Å². The molecule has 1 aromatic heterocycles. The van der Waals surface area contributed by atoms with Crippen molar-refractivity contribution in [3.8, 4) is 0 Å². The number of nitrogens with zero attached hydrogens (tertiary/aromatic N) is 1. The molecule has 2 heterocycles. The van der Waals surface area contributed by atoms with Crippen LogP contribution in [0.5, 0.6) is 0 Å². The highest BCUT2D eigenvalue weighted by atomic mass is 16.6. The molecule has 128 valence electrons. The van der Waals surface area contributed by atoms with Gasteiger partial charge in [0.05, 0.1) is 18.2 Å². The Morgan fingerprint density at radius 3 is 2.62 bits per heavy atom. The van der Waals surface area contributed by atoms with Crippen molar-refractivity contribution in [2.45, 2.75) is 38.8 Å². The smallest absolute Gasteiger partial charge is 0.254 e. The molecule has 5 nitrogen and oxygen atoms in total. The highest BCUT2D eigenvalue weighted by Crippen LogP contribution is 2.30. The van der Waals surface area contributed by atoms with E-state index in [0.29, 0.717) is 24.5 Å². The van der Waals surface area contributed by atoms with Gasteiger partial charge in [-0.3, -0.25) is 9.59 Å². The number of fused-ring (bicyclic) bond motifs is 1. The highest BCUT2D eigenvalue weighted by Gasteiger charge is 2.50. The summed E-state index contributed by atoms with van der Waals surface area (Å²) < 4.78 is 7.20. The van der Waals surface area contributed by atoms with Gasteiger partial charge in [0.15, 0.2) is 5.78 Å². The number of aromatic nitrogens is 1. The van der Waals surface area contributed by atoms with Crippen LogP contribution in [0.25, 0.3) is 10.9 Å². The highest BCUT2D eigenvalue weighted by molar-refractivity contribution is 6.08. The van der Waals surface area contributed by atoms with Gasteiger partial charge in [-0.2, -0.15) is 0 Å². The molecule has 0 bridgehead atoms. The van der Waals surface area contributed by atoms with E-state index in [1.165, 1.54) is 0 Å². The van der Waals surface area contributed by atoms with Crippen molar-refractivity contribution in [3.05, 3.63) is 36.0 Å². The van der Waals surface area contributed by atoms with Gasteiger partial charge < -0.3 is 14.6 Å². The molecule has 1 saturated heterocycles. The van der Waals surface area contributed by atoms with Crippen LogP contribution in [-0.4, -0.2) is 34.5 Å². The van der Waals surface area contributed by atoms with Crippen LogP contribution >= 0.6 is 0 Å². The predicted octanol–water partition coefficient (Wildman–Crippen LogP) is 2.68. The number of benzene rings is 1. The number of ether oxygens (including phenoxy) is 1. The largest absolute Gasteiger partial charge is 0.361 e. The second-order valence-corrected chi connectivity index (χ2v) is 7.21. The van der Waals surface area contributed by atoms with Gasteiger partial charge in [0, 0.05) is 24.1 Å². The lowest BCUT2D eigenvalue weighted by Crippen LogP contribution is -2.46. The Labute approximate surface area is 142 Å². The van der Waals surface area contributed by atoms with E-state index in [1.807, 2.05) is 55.9 Å².